The smallest absolute Gasteiger partial charge is 0.243 e. The number of aliphatic imine (C=N–C) groups is 1. The van der Waals surface area contributed by atoms with Crippen LogP contribution in [0.4, 0.5) is 0 Å². The predicted octanol–water partition coefficient (Wildman–Crippen LogP) is 0.446. The van der Waals surface area contributed by atoms with E-state index in [-0.39, 0.29) is 12.5 Å². The highest BCUT2D eigenvalue weighted by Crippen LogP contribution is 1.85. The van der Waals surface area contributed by atoms with Gasteiger partial charge in [0.25, 0.3) is 0 Å². The maximum atomic E-state index is 11.5. The Morgan fingerprint density at radius 3 is 2.47 bits per heavy atom. The van der Waals surface area contributed by atoms with Crippen LogP contribution in [0.25, 0.3) is 0 Å². The summed E-state index contributed by atoms with van der Waals surface area (Å²) in [4.78, 5) is 17.3. The molecule has 0 aliphatic heterocycles. The molecule has 6 heteroatoms. The van der Waals surface area contributed by atoms with Crippen LogP contribution in [0.3, 0.4) is 0 Å². The average molecular weight is 272 g/mol. The molecular weight excluding hydrogens is 244 g/mol. The van der Waals surface area contributed by atoms with Gasteiger partial charge in [-0.2, -0.15) is 0 Å². The minimum absolute atomic E-state index is 0.0126. The van der Waals surface area contributed by atoms with Gasteiger partial charge in [-0.15, -0.1) is 0 Å². The lowest BCUT2D eigenvalue weighted by Gasteiger charge is -2.13. The van der Waals surface area contributed by atoms with Crippen LogP contribution in [0, 0.1) is 0 Å². The zero-order chi connectivity index (χ0) is 14.5. The van der Waals surface area contributed by atoms with E-state index in [1.165, 1.54) is 4.90 Å². The van der Waals surface area contributed by atoms with E-state index in [0.717, 1.165) is 19.4 Å². The molecule has 19 heavy (non-hydrogen) atoms. The van der Waals surface area contributed by atoms with Gasteiger partial charge in [-0.25, -0.2) is 4.99 Å². The van der Waals surface area contributed by atoms with Crippen LogP contribution in [0.1, 0.15) is 26.7 Å². The molecular formula is C13H28N4O2. The standard InChI is InChI=1S/C13H28N4O2/c1-5-7-8-14-13(15-9-10-19-6-2)16-11-12(18)17(3)4/h5-11H2,1-4H3,(H2,14,15,16). The quantitative estimate of drug-likeness (QED) is 0.363. The number of carbonyl (C=O) groups is 1. The molecule has 0 bridgehead atoms. The fourth-order valence-electron chi connectivity index (χ4n) is 1.23. The molecule has 0 unspecified atom stereocenters. The molecule has 0 atom stereocenters. The van der Waals surface area contributed by atoms with Gasteiger partial charge in [-0.05, 0) is 13.3 Å². The Bertz CT molecular complexity index is 267. The van der Waals surface area contributed by atoms with E-state index in [2.05, 4.69) is 22.5 Å². The number of nitrogens with zero attached hydrogens (tertiary/aromatic N) is 2. The third-order valence-corrected chi connectivity index (χ3v) is 2.44. The zero-order valence-electron chi connectivity index (χ0n) is 12.7. The summed E-state index contributed by atoms with van der Waals surface area (Å²) in [6.07, 6.45) is 2.20. The van der Waals surface area contributed by atoms with Crippen molar-refractivity contribution in [3.05, 3.63) is 0 Å². The minimum Gasteiger partial charge on any atom is -0.380 e. The summed E-state index contributed by atoms with van der Waals surface area (Å²) < 4.78 is 5.25. The summed E-state index contributed by atoms with van der Waals surface area (Å²) in [5.74, 6) is 0.657. The molecule has 6 nitrogen and oxygen atoms in total. The molecule has 0 saturated heterocycles. The van der Waals surface area contributed by atoms with E-state index < -0.39 is 0 Å². The van der Waals surface area contributed by atoms with Crippen molar-refractivity contribution < 1.29 is 9.53 Å². The van der Waals surface area contributed by atoms with E-state index in [0.29, 0.717) is 25.7 Å². The Balaban J connectivity index is 4.14. The van der Waals surface area contributed by atoms with Crippen LogP contribution in [0.5, 0.6) is 0 Å². The normalized spacial score (nSPS) is 11.3. The summed E-state index contributed by atoms with van der Waals surface area (Å²) in [5.41, 5.74) is 0. The third-order valence-electron chi connectivity index (χ3n) is 2.44. The van der Waals surface area contributed by atoms with Crippen LogP contribution in [-0.2, 0) is 9.53 Å². The maximum Gasteiger partial charge on any atom is 0.243 e. The van der Waals surface area contributed by atoms with Gasteiger partial charge in [0.05, 0.1) is 6.61 Å². The third kappa shape index (κ3) is 10.3. The molecule has 0 heterocycles. The van der Waals surface area contributed by atoms with Crippen molar-refractivity contribution in [2.24, 2.45) is 4.99 Å². The van der Waals surface area contributed by atoms with Crippen molar-refractivity contribution in [3.63, 3.8) is 0 Å². The van der Waals surface area contributed by atoms with Gasteiger partial charge in [0.15, 0.2) is 5.96 Å². The lowest BCUT2D eigenvalue weighted by Crippen LogP contribution is -2.40. The van der Waals surface area contributed by atoms with Gasteiger partial charge in [0, 0.05) is 33.8 Å². The van der Waals surface area contributed by atoms with Crippen molar-refractivity contribution in [2.75, 3.05) is 46.9 Å². The highest BCUT2D eigenvalue weighted by molar-refractivity contribution is 5.84. The first kappa shape index (κ1) is 17.7. The Kier molecular flexibility index (Phi) is 11.0. The number of hydrogen-bond donors (Lipinski definition) is 2. The second kappa shape index (κ2) is 11.8. The van der Waals surface area contributed by atoms with Gasteiger partial charge in [0.2, 0.25) is 5.91 Å². The molecule has 0 radical (unpaired) electrons. The monoisotopic (exact) mass is 272 g/mol. The number of nitrogens with one attached hydrogen (secondary N) is 2. The first-order chi connectivity index (χ1) is 9.11. The number of guanidine groups is 1. The molecule has 0 aliphatic rings. The number of carbonyl (C=O) groups excluding carboxylic acids is 1. The zero-order valence-corrected chi connectivity index (χ0v) is 12.7. The van der Waals surface area contributed by atoms with Gasteiger partial charge in [0.1, 0.15) is 6.54 Å². The van der Waals surface area contributed by atoms with Crippen molar-refractivity contribution in [3.8, 4) is 0 Å². The maximum absolute atomic E-state index is 11.5. The Morgan fingerprint density at radius 2 is 1.89 bits per heavy atom. The van der Waals surface area contributed by atoms with Crippen LogP contribution >= 0.6 is 0 Å². The summed E-state index contributed by atoms with van der Waals surface area (Å²) >= 11 is 0. The summed E-state index contributed by atoms with van der Waals surface area (Å²) in [6, 6.07) is 0. The van der Waals surface area contributed by atoms with E-state index in [9.17, 15) is 4.79 Å². The Hall–Kier alpha value is -1.30. The highest BCUT2D eigenvalue weighted by Gasteiger charge is 2.03. The number of unbranched alkanes of at least 4 members (excludes halogenated alkanes) is 1. The summed E-state index contributed by atoms with van der Waals surface area (Å²) in [5, 5.41) is 6.36. The van der Waals surface area contributed by atoms with Crippen molar-refractivity contribution in [2.45, 2.75) is 26.7 Å². The highest BCUT2D eigenvalue weighted by atomic mass is 16.5. The van der Waals surface area contributed by atoms with Crippen LogP contribution in [0.15, 0.2) is 4.99 Å². The molecule has 0 spiro atoms. The summed E-state index contributed by atoms with van der Waals surface area (Å²) in [6.45, 7) is 7.13. The second-order valence-corrected chi connectivity index (χ2v) is 4.36. The van der Waals surface area contributed by atoms with E-state index in [1.807, 2.05) is 6.92 Å². The molecule has 0 rings (SSSR count). The van der Waals surface area contributed by atoms with Crippen LogP contribution in [-0.4, -0.2) is 63.7 Å². The van der Waals surface area contributed by atoms with Gasteiger partial charge in [-0.1, -0.05) is 13.3 Å². The summed E-state index contributed by atoms with van der Waals surface area (Å²) in [7, 11) is 3.45. The lowest BCUT2D eigenvalue weighted by molar-refractivity contribution is -0.127. The molecule has 112 valence electrons. The Labute approximate surface area is 116 Å². The van der Waals surface area contributed by atoms with Crippen molar-refractivity contribution >= 4 is 11.9 Å². The number of hydrogen-bond acceptors (Lipinski definition) is 3. The van der Waals surface area contributed by atoms with Crippen molar-refractivity contribution in [1.82, 2.24) is 15.5 Å². The number of amides is 1. The van der Waals surface area contributed by atoms with Crippen LogP contribution < -0.4 is 10.6 Å². The number of ether oxygens (including phenoxy) is 1. The molecule has 0 fully saturated rings. The molecule has 0 saturated carbocycles. The number of rotatable bonds is 9. The largest absolute Gasteiger partial charge is 0.380 e. The topological polar surface area (TPSA) is 66.0 Å². The Morgan fingerprint density at radius 1 is 1.21 bits per heavy atom. The van der Waals surface area contributed by atoms with Gasteiger partial charge < -0.3 is 20.3 Å². The average Bonchev–Trinajstić information content (AvgIpc) is 2.39. The minimum atomic E-state index is -0.0126. The predicted molar refractivity (Wildman–Crippen MR) is 78.4 cm³/mol. The molecule has 0 aromatic rings. The van der Waals surface area contributed by atoms with Gasteiger partial charge >= 0.3 is 0 Å². The second-order valence-electron chi connectivity index (χ2n) is 4.36. The fraction of sp³-hybridized carbons (Fsp3) is 0.846. The fourth-order valence-corrected chi connectivity index (χ4v) is 1.23. The molecule has 1 amide bonds. The molecule has 0 aromatic carbocycles. The van der Waals surface area contributed by atoms with Crippen molar-refractivity contribution in [1.29, 1.82) is 0 Å². The van der Waals surface area contributed by atoms with E-state index >= 15 is 0 Å². The molecule has 2 N–H and O–H groups in total. The first-order valence-corrected chi connectivity index (χ1v) is 6.91. The van der Waals surface area contributed by atoms with E-state index in [4.69, 9.17) is 4.74 Å². The lowest BCUT2D eigenvalue weighted by atomic mass is 10.3. The van der Waals surface area contributed by atoms with E-state index in [1.54, 1.807) is 14.1 Å². The first-order valence-electron chi connectivity index (χ1n) is 6.91. The molecule has 0 aromatic heterocycles. The SMILES string of the molecule is CCCCNC(=NCC(=O)N(C)C)NCCOCC. The number of likely N-dealkylation sites (N-methyl/N-ethyl adjacent to an activating group) is 1. The molecule has 0 aliphatic carbocycles. The van der Waals surface area contributed by atoms with Crippen LogP contribution in [0.2, 0.25) is 0 Å². The van der Waals surface area contributed by atoms with Gasteiger partial charge in [-0.3, -0.25) is 4.79 Å².